The minimum absolute atomic E-state index is 0.0801. The van der Waals surface area contributed by atoms with Gasteiger partial charge in [-0.1, -0.05) is 24.4 Å². The van der Waals surface area contributed by atoms with E-state index in [1.807, 2.05) is 6.92 Å². The second-order valence-corrected chi connectivity index (χ2v) is 3.15. The van der Waals surface area contributed by atoms with Crippen molar-refractivity contribution in [2.45, 2.75) is 26.3 Å². The number of aryl methyl sites for hydroxylation is 1. The molecule has 0 aliphatic rings. The molecule has 14 heavy (non-hydrogen) atoms. The highest BCUT2D eigenvalue weighted by Crippen LogP contribution is 2.21. The van der Waals surface area contributed by atoms with Gasteiger partial charge in [0.1, 0.15) is 16.4 Å². The summed E-state index contributed by atoms with van der Waals surface area (Å²) < 4.78 is 26.3. The van der Waals surface area contributed by atoms with E-state index in [9.17, 15) is 8.78 Å². The van der Waals surface area contributed by atoms with Gasteiger partial charge >= 0.3 is 0 Å². The summed E-state index contributed by atoms with van der Waals surface area (Å²) in [5.74, 6) is 0. The van der Waals surface area contributed by atoms with Crippen LogP contribution in [0.3, 0.4) is 0 Å². The topological polar surface area (TPSA) is 56.7 Å². The summed E-state index contributed by atoms with van der Waals surface area (Å²) in [7, 11) is 0. The number of thiocarbonyl (C=S) groups is 1. The highest BCUT2D eigenvalue weighted by atomic mass is 32.1. The van der Waals surface area contributed by atoms with Crippen LogP contribution in [-0.4, -0.2) is 20.0 Å². The minimum Gasteiger partial charge on any atom is -0.388 e. The molecule has 0 fully saturated rings. The first-order valence-electron chi connectivity index (χ1n) is 4.09. The van der Waals surface area contributed by atoms with Gasteiger partial charge < -0.3 is 5.73 Å². The Morgan fingerprint density at radius 2 is 2.29 bits per heavy atom. The van der Waals surface area contributed by atoms with Crippen LogP contribution >= 0.6 is 12.2 Å². The van der Waals surface area contributed by atoms with Crippen LogP contribution in [0.25, 0.3) is 0 Å². The Labute approximate surface area is 85.1 Å². The van der Waals surface area contributed by atoms with E-state index in [1.54, 1.807) is 0 Å². The molecule has 0 atom stereocenters. The molecule has 4 nitrogen and oxygen atoms in total. The first-order chi connectivity index (χ1) is 6.57. The van der Waals surface area contributed by atoms with Gasteiger partial charge in [-0.15, -0.1) is 5.10 Å². The van der Waals surface area contributed by atoms with Crippen molar-refractivity contribution < 1.29 is 8.78 Å². The van der Waals surface area contributed by atoms with Crippen LogP contribution in [0, 0.1) is 0 Å². The van der Waals surface area contributed by atoms with E-state index < -0.39 is 6.43 Å². The van der Waals surface area contributed by atoms with E-state index in [4.69, 9.17) is 5.73 Å². The van der Waals surface area contributed by atoms with E-state index in [0.717, 1.165) is 4.68 Å². The molecule has 78 valence electrons. The van der Waals surface area contributed by atoms with E-state index in [0.29, 0.717) is 13.0 Å². The summed E-state index contributed by atoms with van der Waals surface area (Å²) in [4.78, 5) is -0.150. The monoisotopic (exact) mass is 220 g/mol. The number of hydrogen-bond donors (Lipinski definition) is 1. The van der Waals surface area contributed by atoms with Crippen molar-refractivity contribution >= 4 is 17.2 Å². The van der Waals surface area contributed by atoms with Crippen LogP contribution in [0.2, 0.25) is 0 Å². The van der Waals surface area contributed by atoms with Gasteiger partial charge in [0.25, 0.3) is 6.43 Å². The predicted molar refractivity (Wildman–Crippen MR) is 51.2 cm³/mol. The molecule has 1 aromatic rings. The predicted octanol–water partition coefficient (Wildman–Crippen LogP) is 1.26. The molecule has 0 saturated heterocycles. The molecule has 7 heteroatoms. The Kier molecular flexibility index (Phi) is 3.45. The lowest BCUT2D eigenvalue weighted by Gasteiger charge is -2.04. The van der Waals surface area contributed by atoms with Gasteiger partial charge in [0.15, 0.2) is 0 Å². The fourth-order valence-corrected chi connectivity index (χ4v) is 1.23. The Hall–Kier alpha value is -1.11. The molecule has 0 amide bonds. The van der Waals surface area contributed by atoms with Gasteiger partial charge in [0.05, 0.1) is 0 Å². The Morgan fingerprint density at radius 1 is 1.64 bits per heavy atom. The summed E-state index contributed by atoms with van der Waals surface area (Å²) in [5.41, 5.74) is 4.87. The van der Waals surface area contributed by atoms with Crippen LogP contribution in [0.5, 0.6) is 0 Å². The van der Waals surface area contributed by atoms with E-state index in [-0.39, 0.29) is 16.4 Å². The Morgan fingerprint density at radius 3 is 2.71 bits per heavy atom. The third kappa shape index (κ3) is 2.03. The van der Waals surface area contributed by atoms with Crippen molar-refractivity contribution in [3.63, 3.8) is 0 Å². The second-order valence-electron chi connectivity index (χ2n) is 2.71. The molecular weight excluding hydrogens is 210 g/mol. The van der Waals surface area contributed by atoms with E-state index >= 15 is 0 Å². The molecule has 1 aromatic heterocycles. The lowest BCUT2D eigenvalue weighted by atomic mass is 10.3. The lowest BCUT2D eigenvalue weighted by molar-refractivity contribution is 0.138. The summed E-state index contributed by atoms with van der Waals surface area (Å²) in [6.07, 6.45) is -1.96. The third-order valence-corrected chi connectivity index (χ3v) is 1.84. The van der Waals surface area contributed by atoms with E-state index in [1.165, 1.54) is 0 Å². The smallest absolute Gasteiger partial charge is 0.282 e. The Bertz CT molecular complexity index is 336. The number of halogens is 2. The van der Waals surface area contributed by atoms with Crippen LogP contribution in [-0.2, 0) is 6.54 Å². The zero-order valence-electron chi connectivity index (χ0n) is 7.57. The molecule has 0 aromatic carbocycles. The van der Waals surface area contributed by atoms with Crippen molar-refractivity contribution in [3.8, 4) is 0 Å². The van der Waals surface area contributed by atoms with Crippen molar-refractivity contribution in [1.82, 2.24) is 15.0 Å². The number of aromatic nitrogens is 3. The van der Waals surface area contributed by atoms with Gasteiger partial charge in [-0.2, -0.15) is 0 Å². The molecule has 0 spiro atoms. The summed E-state index contributed by atoms with van der Waals surface area (Å²) in [6, 6.07) is 0. The third-order valence-electron chi connectivity index (χ3n) is 1.65. The average molecular weight is 220 g/mol. The molecule has 1 heterocycles. The fourth-order valence-electron chi connectivity index (χ4n) is 1.09. The first kappa shape index (κ1) is 11.0. The van der Waals surface area contributed by atoms with Crippen molar-refractivity contribution in [1.29, 1.82) is 0 Å². The van der Waals surface area contributed by atoms with Gasteiger partial charge in [0.2, 0.25) is 0 Å². The van der Waals surface area contributed by atoms with Crippen molar-refractivity contribution in [3.05, 3.63) is 11.4 Å². The maximum atomic E-state index is 12.6. The zero-order chi connectivity index (χ0) is 10.7. The molecule has 0 radical (unpaired) electrons. The number of rotatable bonds is 4. The van der Waals surface area contributed by atoms with Crippen LogP contribution < -0.4 is 5.73 Å². The molecule has 0 saturated carbocycles. The van der Waals surface area contributed by atoms with E-state index in [2.05, 4.69) is 22.5 Å². The number of nitrogens with two attached hydrogens (primary N) is 1. The summed E-state index contributed by atoms with van der Waals surface area (Å²) >= 11 is 4.59. The molecule has 0 unspecified atom stereocenters. The number of nitrogens with zero attached hydrogens (tertiary/aromatic N) is 3. The number of alkyl halides is 2. The summed E-state index contributed by atoms with van der Waals surface area (Å²) in [5, 5.41) is 7.09. The van der Waals surface area contributed by atoms with Gasteiger partial charge in [-0.3, -0.25) is 0 Å². The largest absolute Gasteiger partial charge is 0.388 e. The maximum Gasteiger partial charge on any atom is 0.282 e. The average Bonchev–Trinajstić information content (AvgIpc) is 2.48. The lowest BCUT2D eigenvalue weighted by Crippen LogP contribution is -2.14. The normalized spacial score (nSPS) is 10.9. The SMILES string of the molecule is CCCn1nnc(C(N)=S)c1C(F)F. The highest BCUT2D eigenvalue weighted by molar-refractivity contribution is 7.80. The molecule has 2 N–H and O–H groups in total. The zero-order valence-corrected chi connectivity index (χ0v) is 8.39. The standard InChI is InChI=1S/C7H10F2N4S/c1-2-3-13-5(6(8)9)4(7(10)14)11-12-13/h6H,2-3H2,1H3,(H2,10,14). The first-order valence-corrected chi connectivity index (χ1v) is 4.50. The second kappa shape index (κ2) is 4.41. The quantitative estimate of drug-likeness (QED) is 0.776. The Balaban J connectivity index is 3.13. The molecule has 1 rings (SSSR count). The molecule has 0 bridgehead atoms. The summed E-state index contributed by atoms with van der Waals surface area (Å²) in [6.45, 7) is 2.24. The van der Waals surface area contributed by atoms with Crippen molar-refractivity contribution in [2.24, 2.45) is 5.73 Å². The van der Waals surface area contributed by atoms with Gasteiger partial charge in [-0.25, -0.2) is 13.5 Å². The highest BCUT2D eigenvalue weighted by Gasteiger charge is 2.22. The van der Waals surface area contributed by atoms with Gasteiger partial charge in [-0.05, 0) is 6.42 Å². The fraction of sp³-hybridized carbons (Fsp3) is 0.571. The maximum absolute atomic E-state index is 12.6. The van der Waals surface area contributed by atoms with Crippen molar-refractivity contribution in [2.75, 3.05) is 0 Å². The van der Waals surface area contributed by atoms with Crippen LogP contribution in [0.1, 0.15) is 31.2 Å². The number of hydrogen-bond acceptors (Lipinski definition) is 3. The van der Waals surface area contributed by atoms with Crippen LogP contribution in [0.15, 0.2) is 0 Å². The molecular formula is C7H10F2N4S. The minimum atomic E-state index is -2.66. The van der Waals surface area contributed by atoms with Gasteiger partial charge in [0, 0.05) is 6.54 Å². The molecule has 0 aliphatic carbocycles. The molecule has 0 aliphatic heterocycles. The van der Waals surface area contributed by atoms with Crippen LogP contribution in [0.4, 0.5) is 8.78 Å².